The lowest BCUT2D eigenvalue weighted by atomic mass is 10.1. The van der Waals surface area contributed by atoms with Crippen molar-refractivity contribution in [3.63, 3.8) is 0 Å². The van der Waals surface area contributed by atoms with Crippen molar-refractivity contribution in [3.8, 4) is 11.8 Å². The lowest BCUT2D eigenvalue weighted by Gasteiger charge is -2.32. The van der Waals surface area contributed by atoms with E-state index in [-0.39, 0.29) is 5.91 Å². The Hall–Kier alpha value is -1.77. The molecule has 5 nitrogen and oxygen atoms in total. The summed E-state index contributed by atoms with van der Waals surface area (Å²) in [6, 6.07) is 6.53. The van der Waals surface area contributed by atoms with Gasteiger partial charge in [-0.1, -0.05) is 11.6 Å². The fourth-order valence-electron chi connectivity index (χ4n) is 2.06. The van der Waals surface area contributed by atoms with Crippen molar-refractivity contribution < 1.29 is 9.53 Å². The normalized spacial score (nSPS) is 18.8. The molecule has 1 heterocycles. The highest BCUT2D eigenvalue weighted by atomic mass is 35.5. The highest BCUT2D eigenvalue weighted by molar-refractivity contribution is 6.30. The first-order chi connectivity index (χ1) is 9.17. The maximum absolute atomic E-state index is 12.5. The lowest BCUT2D eigenvalue weighted by Crippen LogP contribution is -2.53. The summed E-state index contributed by atoms with van der Waals surface area (Å²) in [5.74, 6) is 0.217. The van der Waals surface area contributed by atoms with Crippen molar-refractivity contribution in [1.82, 2.24) is 10.2 Å². The number of methoxy groups -OCH3 is 1. The Bertz CT molecular complexity index is 527. The van der Waals surface area contributed by atoms with Gasteiger partial charge < -0.3 is 15.0 Å². The zero-order valence-corrected chi connectivity index (χ0v) is 11.3. The predicted molar refractivity (Wildman–Crippen MR) is 71.3 cm³/mol. The van der Waals surface area contributed by atoms with Gasteiger partial charge in [0.25, 0.3) is 5.91 Å². The van der Waals surface area contributed by atoms with Crippen LogP contribution in [0.4, 0.5) is 0 Å². The Kier molecular flexibility index (Phi) is 4.25. The number of piperazine rings is 1. The molecule has 1 aliphatic rings. The van der Waals surface area contributed by atoms with E-state index in [9.17, 15) is 4.79 Å². The third-order valence-electron chi connectivity index (χ3n) is 3.05. The fourth-order valence-corrected chi connectivity index (χ4v) is 2.22. The van der Waals surface area contributed by atoms with Crippen molar-refractivity contribution in [2.45, 2.75) is 6.04 Å². The molecule has 6 heteroatoms. The van der Waals surface area contributed by atoms with E-state index in [1.54, 1.807) is 23.1 Å². The van der Waals surface area contributed by atoms with Gasteiger partial charge in [0.1, 0.15) is 11.8 Å². The number of rotatable bonds is 2. The van der Waals surface area contributed by atoms with E-state index in [1.807, 2.05) is 0 Å². The molecule has 0 saturated carbocycles. The molecular weight excluding hydrogens is 266 g/mol. The van der Waals surface area contributed by atoms with Gasteiger partial charge in [-0.2, -0.15) is 5.26 Å². The number of amides is 1. The monoisotopic (exact) mass is 279 g/mol. The molecule has 1 aromatic rings. The zero-order chi connectivity index (χ0) is 13.8. The molecule has 0 bridgehead atoms. The smallest absolute Gasteiger partial charge is 0.258 e. The van der Waals surface area contributed by atoms with Crippen molar-refractivity contribution in [2.24, 2.45) is 0 Å². The second-order valence-electron chi connectivity index (χ2n) is 4.19. The van der Waals surface area contributed by atoms with Gasteiger partial charge in [-0.3, -0.25) is 4.79 Å². The van der Waals surface area contributed by atoms with E-state index in [1.165, 1.54) is 7.11 Å². The molecule has 2 rings (SSSR count). The SMILES string of the molecule is COc1cc(Cl)ccc1C(=O)N1CCNCC1C#N. The van der Waals surface area contributed by atoms with Crippen LogP contribution in [-0.2, 0) is 0 Å². The second kappa shape index (κ2) is 5.91. The zero-order valence-electron chi connectivity index (χ0n) is 10.5. The Labute approximate surface area is 116 Å². The lowest BCUT2D eigenvalue weighted by molar-refractivity contribution is 0.0683. The summed E-state index contributed by atoms with van der Waals surface area (Å²) >= 11 is 5.87. The summed E-state index contributed by atoms with van der Waals surface area (Å²) in [4.78, 5) is 14.0. The molecule has 1 unspecified atom stereocenters. The van der Waals surface area contributed by atoms with E-state index in [0.29, 0.717) is 36.0 Å². The molecule has 1 N–H and O–H groups in total. The first-order valence-electron chi connectivity index (χ1n) is 5.92. The average molecular weight is 280 g/mol. The quantitative estimate of drug-likeness (QED) is 0.886. The van der Waals surface area contributed by atoms with Gasteiger partial charge in [-0.15, -0.1) is 0 Å². The van der Waals surface area contributed by atoms with Crippen LogP contribution in [0.15, 0.2) is 18.2 Å². The molecular formula is C13H14ClN3O2. The number of nitrogens with zero attached hydrogens (tertiary/aromatic N) is 2. The van der Waals surface area contributed by atoms with Crippen LogP contribution in [0.5, 0.6) is 5.75 Å². The highest BCUT2D eigenvalue weighted by Crippen LogP contribution is 2.25. The van der Waals surface area contributed by atoms with Crippen LogP contribution < -0.4 is 10.1 Å². The Morgan fingerprint density at radius 2 is 2.42 bits per heavy atom. The van der Waals surface area contributed by atoms with E-state index in [0.717, 1.165) is 0 Å². The number of nitrogens with one attached hydrogen (secondary N) is 1. The molecule has 0 aromatic heterocycles. The van der Waals surface area contributed by atoms with Gasteiger partial charge in [0.2, 0.25) is 0 Å². The molecule has 100 valence electrons. The fraction of sp³-hybridized carbons (Fsp3) is 0.385. The predicted octanol–water partition coefficient (Wildman–Crippen LogP) is 1.29. The molecule has 1 saturated heterocycles. The van der Waals surface area contributed by atoms with Crippen molar-refractivity contribution >= 4 is 17.5 Å². The largest absolute Gasteiger partial charge is 0.496 e. The number of nitriles is 1. The molecule has 0 aliphatic carbocycles. The van der Waals surface area contributed by atoms with Gasteiger partial charge in [0.05, 0.1) is 18.7 Å². The standard InChI is InChI=1S/C13H14ClN3O2/c1-19-12-6-9(14)2-3-11(12)13(18)17-5-4-16-8-10(17)7-15/h2-3,6,10,16H,4-5,8H2,1H3. The van der Waals surface area contributed by atoms with Gasteiger partial charge >= 0.3 is 0 Å². The van der Waals surface area contributed by atoms with Crippen LogP contribution in [0.3, 0.4) is 0 Å². The molecule has 1 fully saturated rings. The minimum atomic E-state index is -0.457. The highest BCUT2D eigenvalue weighted by Gasteiger charge is 2.28. The molecule has 1 aliphatic heterocycles. The summed E-state index contributed by atoms with van der Waals surface area (Å²) < 4.78 is 5.18. The number of carbonyl (C=O) groups is 1. The number of ether oxygens (including phenoxy) is 1. The molecule has 1 atom stereocenters. The summed E-state index contributed by atoms with van der Waals surface area (Å²) in [5.41, 5.74) is 0.425. The number of hydrogen-bond donors (Lipinski definition) is 1. The van der Waals surface area contributed by atoms with Crippen LogP contribution in [0, 0.1) is 11.3 Å². The molecule has 1 aromatic carbocycles. The topological polar surface area (TPSA) is 65.4 Å². The van der Waals surface area contributed by atoms with Gasteiger partial charge in [0.15, 0.2) is 0 Å². The minimum Gasteiger partial charge on any atom is -0.496 e. The maximum atomic E-state index is 12.5. The first-order valence-corrected chi connectivity index (χ1v) is 6.30. The number of halogens is 1. The summed E-state index contributed by atoms with van der Waals surface area (Å²) in [5, 5.41) is 12.7. The molecule has 1 amide bonds. The minimum absolute atomic E-state index is 0.207. The number of hydrogen-bond acceptors (Lipinski definition) is 4. The van der Waals surface area contributed by atoms with Crippen LogP contribution in [0.1, 0.15) is 10.4 Å². The molecule has 0 radical (unpaired) electrons. The maximum Gasteiger partial charge on any atom is 0.258 e. The van der Waals surface area contributed by atoms with E-state index in [4.69, 9.17) is 21.6 Å². The number of carbonyl (C=O) groups excluding carboxylic acids is 1. The first kappa shape index (κ1) is 13.7. The van der Waals surface area contributed by atoms with Crippen molar-refractivity contribution in [3.05, 3.63) is 28.8 Å². The van der Waals surface area contributed by atoms with Gasteiger partial charge in [0, 0.05) is 24.7 Å². The summed E-state index contributed by atoms with van der Waals surface area (Å²) in [6.45, 7) is 1.67. The van der Waals surface area contributed by atoms with Crippen LogP contribution >= 0.6 is 11.6 Å². The third kappa shape index (κ3) is 2.80. The van der Waals surface area contributed by atoms with Gasteiger partial charge in [-0.05, 0) is 18.2 Å². The second-order valence-corrected chi connectivity index (χ2v) is 4.63. The summed E-state index contributed by atoms with van der Waals surface area (Å²) in [7, 11) is 1.49. The molecule has 19 heavy (non-hydrogen) atoms. The van der Waals surface area contributed by atoms with E-state index >= 15 is 0 Å². The van der Waals surface area contributed by atoms with E-state index in [2.05, 4.69) is 11.4 Å². The van der Waals surface area contributed by atoms with Gasteiger partial charge in [-0.25, -0.2) is 0 Å². The third-order valence-corrected chi connectivity index (χ3v) is 3.28. The molecule has 0 spiro atoms. The van der Waals surface area contributed by atoms with Crippen molar-refractivity contribution in [1.29, 1.82) is 5.26 Å². The van der Waals surface area contributed by atoms with Crippen LogP contribution in [0.2, 0.25) is 5.02 Å². The van der Waals surface area contributed by atoms with Crippen LogP contribution in [0.25, 0.3) is 0 Å². The Balaban J connectivity index is 2.30. The average Bonchev–Trinajstić information content (AvgIpc) is 2.46. The Morgan fingerprint density at radius 1 is 1.63 bits per heavy atom. The Morgan fingerprint density at radius 3 is 3.11 bits per heavy atom. The van der Waals surface area contributed by atoms with Crippen molar-refractivity contribution in [2.75, 3.05) is 26.7 Å². The van der Waals surface area contributed by atoms with E-state index < -0.39 is 6.04 Å². The number of benzene rings is 1. The van der Waals surface area contributed by atoms with Crippen LogP contribution in [-0.4, -0.2) is 43.6 Å². The summed E-state index contributed by atoms with van der Waals surface area (Å²) in [6.07, 6.45) is 0.